The molecule has 0 aliphatic rings. The summed E-state index contributed by atoms with van der Waals surface area (Å²) in [4.78, 5) is 23.0. The van der Waals surface area contributed by atoms with E-state index in [1.165, 1.54) is 12.1 Å². The van der Waals surface area contributed by atoms with Gasteiger partial charge in [0.05, 0.1) is 5.56 Å². The molecule has 28 heavy (non-hydrogen) atoms. The van der Waals surface area contributed by atoms with E-state index < -0.39 is 5.97 Å². The molecule has 0 bridgehead atoms. The second kappa shape index (κ2) is 9.23. The van der Waals surface area contributed by atoms with Crippen LogP contribution in [0.4, 0.5) is 0 Å². The second-order valence-corrected chi connectivity index (χ2v) is 5.96. The zero-order valence-corrected chi connectivity index (χ0v) is 15.0. The first-order valence-corrected chi connectivity index (χ1v) is 8.65. The average molecular weight is 377 g/mol. The van der Waals surface area contributed by atoms with Gasteiger partial charge in [0.15, 0.2) is 6.61 Å². The van der Waals surface area contributed by atoms with Crippen molar-refractivity contribution >= 4 is 11.9 Å². The number of carboxylic acid groups (broad SMARTS) is 1. The Kier molecular flexibility index (Phi) is 6.25. The summed E-state index contributed by atoms with van der Waals surface area (Å²) >= 11 is 0. The molecule has 0 fully saturated rings. The maximum absolute atomic E-state index is 11.9. The summed E-state index contributed by atoms with van der Waals surface area (Å²) in [5.74, 6) is 0.368. The van der Waals surface area contributed by atoms with Crippen molar-refractivity contribution in [3.63, 3.8) is 0 Å². The predicted octanol–water partition coefficient (Wildman–Crippen LogP) is 3.87. The molecule has 0 atom stereocenters. The Bertz CT molecular complexity index is 956. The predicted molar refractivity (Wildman–Crippen MR) is 104 cm³/mol. The van der Waals surface area contributed by atoms with Gasteiger partial charge in [0, 0.05) is 6.54 Å². The largest absolute Gasteiger partial charge is 0.484 e. The highest BCUT2D eigenvalue weighted by Crippen LogP contribution is 2.23. The number of amides is 1. The molecule has 0 aliphatic heterocycles. The van der Waals surface area contributed by atoms with Crippen molar-refractivity contribution in [1.82, 2.24) is 5.32 Å². The number of carbonyl (C=O) groups is 2. The summed E-state index contributed by atoms with van der Waals surface area (Å²) in [6.07, 6.45) is 0. The molecule has 0 spiro atoms. The smallest absolute Gasteiger partial charge is 0.335 e. The van der Waals surface area contributed by atoms with E-state index in [0.29, 0.717) is 23.8 Å². The Balaban J connectivity index is 1.54. The van der Waals surface area contributed by atoms with Crippen molar-refractivity contribution in [2.75, 3.05) is 6.61 Å². The van der Waals surface area contributed by atoms with Crippen molar-refractivity contribution in [2.24, 2.45) is 0 Å². The maximum atomic E-state index is 11.9. The summed E-state index contributed by atoms with van der Waals surface area (Å²) in [7, 11) is 0. The fraction of sp³-hybridized carbons (Fsp3) is 0.0909. The van der Waals surface area contributed by atoms with Gasteiger partial charge < -0.3 is 19.9 Å². The molecule has 3 aromatic carbocycles. The van der Waals surface area contributed by atoms with Crippen LogP contribution in [0.15, 0.2) is 78.9 Å². The number of benzene rings is 3. The van der Waals surface area contributed by atoms with Gasteiger partial charge in [-0.1, -0.05) is 36.4 Å². The minimum atomic E-state index is -1.01. The van der Waals surface area contributed by atoms with Crippen molar-refractivity contribution in [3.8, 4) is 17.2 Å². The van der Waals surface area contributed by atoms with Crippen LogP contribution in [0.1, 0.15) is 15.9 Å². The molecule has 6 nitrogen and oxygen atoms in total. The van der Waals surface area contributed by atoms with Crippen LogP contribution in [0, 0.1) is 0 Å². The highest BCUT2D eigenvalue weighted by Gasteiger charge is 2.06. The van der Waals surface area contributed by atoms with Gasteiger partial charge in [-0.2, -0.15) is 0 Å². The van der Waals surface area contributed by atoms with Crippen LogP contribution >= 0.6 is 0 Å². The first kappa shape index (κ1) is 19.0. The van der Waals surface area contributed by atoms with E-state index in [1.54, 1.807) is 42.5 Å². The molecule has 0 aliphatic carbocycles. The van der Waals surface area contributed by atoms with Crippen LogP contribution in [-0.4, -0.2) is 23.6 Å². The fourth-order valence-electron chi connectivity index (χ4n) is 2.46. The highest BCUT2D eigenvalue weighted by atomic mass is 16.5. The van der Waals surface area contributed by atoms with Crippen LogP contribution in [0.25, 0.3) is 0 Å². The fourth-order valence-corrected chi connectivity index (χ4v) is 2.46. The van der Waals surface area contributed by atoms with Crippen LogP contribution in [-0.2, 0) is 11.3 Å². The van der Waals surface area contributed by atoms with Gasteiger partial charge in [0.2, 0.25) is 0 Å². The Morgan fingerprint density at radius 3 is 2.25 bits per heavy atom. The molecule has 3 aromatic rings. The summed E-state index contributed by atoms with van der Waals surface area (Å²) < 4.78 is 11.1. The van der Waals surface area contributed by atoms with Gasteiger partial charge in [-0.25, -0.2) is 4.79 Å². The molecular formula is C22H19NO5. The molecule has 0 unspecified atom stereocenters. The van der Waals surface area contributed by atoms with Crippen LogP contribution in [0.3, 0.4) is 0 Å². The number of hydrogen-bond donors (Lipinski definition) is 2. The van der Waals surface area contributed by atoms with E-state index in [2.05, 4.69) is 5.32 Å². The Morgan fingerprint density at radius 2 is 1.50 bits per heavy atom. The van der Waals surface area contributed by atoms with Crippen LogP contribution < -0.4 is 14.8 Å². The van der Waals surface area contributed by atoms with E-state index in [-0.39, 0.29) is 18.1 Å². The van der Waals surface area contributed by atoms with Gasteiger partial charge in [-0.15, -0.1) is 0 Å². The topological polar surface area (TPSA) is 84.9 Å². The summed E-state index contributed by atoms with van der Waals surface area (Å²) in [5, 5.41) is 11.8. The molecule has 2 N–H and O–H groups in total. The molecule has 0 saturated heterocycles. The number of rotatable bonds is 8. The first-order chi connectivity index (χ1) is 13.6. The zero-order valence-electron chi connectivity index (χ0n) is 15.0. The highest BCUT2D eigenvalue weighted by molar-refractivity contribution is 5.88. The van der Waals surface area contributed by atoms with Gasteiger partial charge in [0.25, 0.3) is 5.91 Å². The summed E-state index contributed by atoms with van der Waals surface area (Å²) in [6.45, 7) is 0.255. The lowest BCUT2D eigenvalue weighted by atomic mass is 10.2. The molecule has 0 heterocycles. The third-order valence-corrected chi connectivity index (χ3v) is 3.82. The monoisotopic (exact) mass is 377 g/mol. The zero-order chi connectivity index (χ0) is 19.8. The lowest BCUT2D eigenvalue weighted by Gasteiger charge is -2.10. The lowest BCUT2D eigenvalue weighted by molar-refractivity contribution is -0.123. The van der Waals surface area contributed by atoms with Gasteiger partial charge in [-0.3, -0.25) is 4.79 Å². The Labute approximate surface area is 162 Å². The number of ether oxygens (including phenoxy) is 2. The van der Waals surface area contributed by atoms with E-state index in [9.17, 15) is 9.59 Å². The molecule has 6 heteroatoms. The minimum Gasteiger partial charge on any atom is -0.484 e. The Morgan fingerprint density at radius 1 is 0.821 bits per heavy atom. The molecule has 0 radical (unpaired) electrons. The summed E-state index contributed by atoms with van der Waals surface area (Å²) in [6, 6.07) is 22.6. The number of carbonyl (C=O) groups excluding carboxylic acids is 1. The third-order valence-electron chi connectivity index (χ3n) is 3.82. The van der Waals surface area contributed by atoms with Gasteiger partial charge in [0.1, 0.15) is 17.2 Å². The second-order valence-electron chi connectivity index (χ2n) is 5.96. The number of nitrogens with one attached hydrogen (secondary N) is 1. The van der Waals surface area contributed by atoms with Crippen LogP contribution in [0.5, 0.6) is 17.2 Å². The van der Waals surface area contributed by atoms with E-state index >= 15 is 0 Å². The van der Waals surface area contributed by atoms with Crippen molar-refractivity contribution in [2.45, 2.75) is 6.54 Å². The normalized spacial score (nSPS) is 10.1. The van der Waals surface area contributed by atoms with Gasteiger partial charge >= 0.3 is 5.97 Å². The first-order valence-electron chi connectivity index (χ1n) is 8.65. The average Bonchev–Trinajstić information content (AvgIpc) is 2.72. The molecule has 1 amide bonds. The molecular weight excluding hydrogens is 358 g/mol. The molecule has 0 saturated carbocycles. The van der Waals surface area contributed by atoms with Crippen molar-refractivity contribution in [3.05, 3.63) is 90.0 Å². The quantitative estimate of drug-likeness (QED) is 0.622. The number of para-hydroxylation sites is 1. The standard InChI is InChI=1S/C22H19NO5/c24-21(15-27-18-8-2-1-3-9-18)23-14-16-6-4-10-19(12-16)28-20-11-5-7-17(13-20)22(25)26/h1-13H,14-15H2,(H,23,24)(H,25,26). The third kappa shape index (κ3) is 5.60. The molecule has 142 valence electrons. The Hall–Kier alpha value is -3.80. The van der Waals surface area contributed by atoms with Gasteiger partial charge in [-0.05, 0) is 48.0 Å². The number of carboxylic acids is 1. The van der Waals surface area contributed by atoms with Crippen LogP contribution in [0.2, 0.25) is 0 Å². The van der Waals surface area contributed by atoms with E-state index in [0.717, 1.165) is 5.56 Å². The molecule has 0 aromatic heterocycles. The van der Waals surface area contributed by atoms with E-state index in [4.69, 9.17) is 14.6 Å². The SMILES string of the molecule is O=C(COc1ccccc1)NCc1cccc(Oc2cccc(C(=O)O)c2)c1. The summed E-state index contributed by atoms with van der Waals surface area (Å²) in [5.41, 5.74) is 0.999. The molecule has 3 rings (SSSR count). The van der Waals surface area contributed by atoms with Crippen molar-refractivity contribution < 1.29 is 24.2 Å². The maximum Gasteiger partial charge on any atom is 0.335 e. The minimum absolute atomic E-state index is 0.0673. The van der Waals surface area contributed by atoms with E-state index in [1.807, 2.05) is 24.3 Å². The number of aromatic carboxylic acids is 1. The number of hydrogen-bond acceptors (Lipinski definition) is 4. The van der Waals surface area contributed by atoms with Crippen molar-refractivity contribution in [1.29, 1.82) is 0 Å². The lowest BCUT2D eigenvalue weighted by Crippen LogP contribution is -2.28.